The van der Waals surface area contributed by atoms with Crippen LogP contribution in [0.4, 0.5) is 0 Å². The molecule has 3 fully saturated rings. The number of likely N-dealkylation sites (tertiary alicyclic amines) is 1. The van der Waals surface area contributed by atoms with E-state index in [1.54, 1.807) is 11.3 Å². The molecular formula is C14H21N3O2S2. The van der Waals surface area contributed by atoms with E-state index >= 15 is 0 Å². The molecular weight excluding hydrogens is 306 g/mol. The number of nitrogens with zero attached hydrogens (tertiary/aromatic N) is 3. The molecule has 1 saturated carbocycles. The van der Waals surface area contributed by atoms with Crippen molar-refractivity contribution < 1.29 is 8.42 Å². The molecule has 0 aromatic carbocycles. The second-order valence-electron chi connectivity index (χ2n) is 6.40. The van der Waals surface area contributed by atoms with Gasteiger partial charge in [0.1, 0.15) is 0 Å². The fourth-order valence-electron chi connectivity index (χ4n) is 3.79. The molecule has 0 amide bonds. The third-order valence-electron chi connectivity index (χ3n) is 4.94. The molecule has 116 valence electrons. The summed E-state index contributed by atoms with van der Waals surface area (Å²) in [6, 6.07) is 0.593. The monoisotopic (exact) mass is 327 g/mol. The summed E-state index contributed by atoms with van der Waals surface area (Å²) in [5.41, 5.74) is 1.13. The predicted octanol–water partition coefficient (Wildman–Crippen LogP) is 1.59. The molecule has 3 heterocycles. The SMILES string of the molecule is Cc1nc(CN2CC[C@@H]3[C@H]2CCN3S(=O)(=O)C2CC2)cs1. The zero-order valence-electron chi connectivity index (χ0n) is 12.2. The third kappa shape index (κ3) is 2.44. The highest BCUT2D eigenvalue weighted by molar-refractivity contribution is 7.90. The van der Waals surface area contributed by atoms with Gasteiger partial charge in [-0.15, -0.1) is 11.3 Å². The molecule has 0 unspecified atom stereocenters. The molecule has 0 bridgehead atoms. The molecule has 3 aliphatic rings. The molecule has 7 heteroatoms. The molecule has 0 spiro atoms. The van der Waals surface area contributed by atoms with Gasteiger partial charge < -0.3 is 0 Å². The van der Waals surface area contributed by atoms with Crippen LogP contribution in [-0.4, -0.2) is 53.0 Å². The fraction of sp³-hybridized carbons (Fsp3) is 0.786. The molecule has 0 radical (unpaired) electrons. The maximum absolute atomic E-state index is 12.5. The number of hydrogen-bond acceptors (Lipinski definition) is 5. The van der Waals surface area contributed by atoms with E-state index in [2.05, 4.69) is 15.3 Å². The first kappa shape index (κ1) is 14.1. The third-order valence-corrected chi connectivity index (χ3v) is 8.19. The van der Waals surface area contributed by atoms with E-state index in [0.29, 0.717) is 12.6 Å². The van der Waals surface area contributed by atoms with Gasteiger partial charge in [0.25, 0.3) is 0 Å². The molecule has 21 heavy (non-hydrogen) atoms. The second kappa shape index (κ2) is 5.01. The molecule has 0 N–H and O–H groups in total. The summed E-state index contributed by atoms with van der Waals surface area (Å²) < 4.78 is 26.8. The summed E-state index contributed by atoms with van der Waals surface area (Å²) in [5.74, 6) is 0. The first-order valence-corrected chi connectivity index (χ1v) is 10.1. The lowest BCUT2D eigenvalue weighted by molar-refractivity contribution is 0.238. The Hall–Kier alpha value is -0.500. The van der Waals surface area contributed by atoms with Gasteiger partial charge in [-0.3, -0.25) is 4.90 Å². The van der Waals surface area contributed by atoms with E-state index in [9.17, 15) is 8.42 Å². The van der Waals surface area contributed by atoms with Crippen LogP contribution in [-0.2, 0) is 16.6 Å². The van der Waals surface area contributed by atoms with Gasteiger partial charge in [0.05, 0.1) is 16.0 Å². The van der Waals surface area contributed by atoms with E-state index in [0.717, 1.165) is 49.5 Å². The summed E-state index contributed by atoms with van der Waals surface area (Å²) in [4.78, 5) is 6.97. The van der Waals surface area contributed by atoms with Crippen LogP contribution >= 0.6 is 11.3 Å². The second-order valence-corrected chi connectivity index (χ2v) is 9.62. The zero-order chi connectivity index (χ0) is 14.6. The van der Waals surface area contributed by atoms with Crippen LogP contribution in [0.15, 0.2) is 5.38 Å². The largest absolute Gasteiger partial charge is 0.293 e. The lowest BCUT2D eigenvalue weighted by Crippen LogP contribution is -2.41. The number of sulfonamides is 1. The molecule has 2 aliphatic heterocycles. The maximum Gasteiger partial charge on any atom is 0.217 e. The molecule has 1 aromatic rings. The van der Waals surface area contributed by atoms with Crippen LogP contribution in [0.5, 0.6) is 0 Å². The van der Waals surface area contributed by atoms with Gasteiger partial charge in [0.2, 0.25) is 10.0 Å². The molecule has 2 atom stereocenters. The topological polar surface area (TPSA) is 53.5 Å². The van der Waals surface area contributed by atoms with Crippen LogP contribution < -0.4 is 0 Å². The van der Waals surface area contributed by atoms with E-state index in [1.807, 2.05) is 11.2 Å². The van der Waals surface area contributed by atoms with Crippen molar-refractivity contribution in [2.24, 2.45) is 0 Å². The summed E-state index contributed by atoms with van der Waals surface area (Å²) >= 11 is 1.69. The Labute approximate surface area is 130 Å². The Morgan fingerprint density at radius 1 is 1.24 bits per heavy atom. The standard InChI is InChI=1S/C14H21N3O2S2/c1-10-15-11(9-20-10)8-16-6-4-14-13(16)5-7-17(14)21(18,19)12-2-3-12/h9,12-14H,2-8H2,1H3/t13-,14-/m1/s1. The van der Waals surface area contributed by atoms with Crippen molar-refractivity contribution in [3.8, 4) is 0 Å². The summed E-state index contributed by atoms with van der Waals surface area (Å²) in [6.45, 7) is 4.59. The minimum absolute atomic E-state index is 0.0773. The van der Waals surface area contributed by atoms with E-state index in [4.69, 9.17) is 0 Å². The van der Waals surface area contributed by atoms with Crippen molar-refractivity contribution in [3.05, 3.63) is 16.1 Å². The number of hydrogen-bond donors (Lipinski definition) is 0. The number of aromatic nitrogens is 1. The summed E-state index contributed by atoms with van der Waals surface area (Å²) in [7, 11) is -3.02. The van der Waals surface area contributed by atoms with Gasteiger partial charge in [-0.05, 0) is 32.6 Å². The molecule has 2 saturated heterocycles. The van der Waals surface area contributed by atoms with Gasteiger partial charge in [-0.1, -0.05) is 0 Å². The fourth-order valence-corrected chi connectivity index (χ4v) is 6.50. The minimum Gasteiger partial charge on any atom is -0.293 e. The Kier molecular flexibility index (Phi) is 3.37. The number of thiazole rings is 1. The average Bonchev–Trinajstić information content (AvgIpc) is 2.93. The zero-order valence-corrected chi connectivity index (χ0v) is 13.9. The summed E-state index contributed by atoms with van der Waals surface area (Å²) in [6.07, 6.45) is 3.66. The first-order valence-electron chi connectivity index (χ1n) is 7.71. The van der Waals surface area contributed by atoms with Crippen molar-refractivity contribution in [3.63, 3.8) is 0 Å². The highest BCUT2D eigenvalue weighted by Gasteiger charge is 2.50. The maximum atomic E-state index is 12.5. The molecule has 4 rings (SSSR count). The van der Waals surface area contributed by atoms with Gasteiger partial charge in [-0.2, -0.15) is 4.31 Å². The molecule has 5 nitrogen and oxygen atoms in total. The lowest BCUT2D eigenvalue weighted by atomic mass is 10.1. The van der Waals surface area contributed by atoms with Crippen LogP contribution in [0.3, 0.4) is 0 Å². The van der Waals surface area contributed by atoms with Crippen molar-refractivity contribution in [2.75, 3.05) is 13.1 Å². The highest BCUT2D eigenvalue weighted by atomic mass is 32.2. The lowest BCUT2D eigenvalue weighted by Gasteiger charge is -2.24. The number of rotatable bonds is 4. The Morgan fingerprint density at radius 3 is 2.67 bits per heavy atom. The van der Waals surface area contributed by atoms with Crippen LogP contribution in [0.25, 0.3) is 0 Å². The number of aryl methyl sites for hydroxylation is 1. The Balaban J connectivity index is 1.48. The number of fused-ring (bicyclic) bond motifs is 1. The van der Waals surface area contributed by atoms with Gasteiger partial charge in [-0.25, -0.2) is 13.4 Å². The molecule has 1 aromatic heterocycles. The molecule has 1 aliphatic carbocycles. The first-order chi connectivity index (χ1) is 10.1. The smallest absolute Gasteiger partial charge is 0.217 e. The van der Waals surface area contributed by atoms with Crippen LogP contribution in [0.1, 0.15) is 36.4 Å². The van der Waals surface area contributed by atoms with E-state index in [-0.39, 0.29) is 11.3 Å². The van der Waals surface area contributed by atoms with Crippen LogP contribution in [0.2, 0.25) is 0 Å². The quantitative estimate of drug-likeness (QED) is 0.843. The van der Waals surface area contributed by atoms with Gasteiger partial charge in [0.15, 0.2) is 0 Å². The van der Waals surface area contributed by atoms with E-state index < -0.39 is 10.0 Å². The average molecular weight is 327 g/mol. The minimum atomic E-state index is -3.02. The Bertz CT molecular complexity index is 638. The van der Waals surface area contributed by atoms with Crippen LogP contribution in [0, 0.1) is 6.92 Å². The van der Waals surface area contributed by atoms with Crippen molar-refractivity contribution in [1.82, 2.24) is 14.2 Å². The summed E-state index contributed by atoms with van der Waals surface area (Å²) in [5, 5.41) is 3.15. The normalized spacial score (nSPS) is 30.9. The van der Waals surface area contributed by atoms with Crippen molar-refractivity contribution in [2.45, 2.75) is 56.5 Å². The van der Waals surface area contributed by atoms with E-state index in [1.165, 1.54) is 0 Å². The Morgan fingerprint density at radius 2 is 2.00 bits per heavy atom. The highest BCUT2D eigenvalue weighted by Crippen LogP contribution is 2.39. The van der Waals surface area contributed by atoms with Crippen molar-refractivity contribution >= 4 is 21.4 Å². The predicted molar refractivity (Wildman–Crippen MR) is 82.7 cm³/mol. The van der Waals surface area contributed by atoms with Gasteiger partial charge in [0, 0.05) is 37.1 Å². The van der Waals surface area contributed by atoms with Crippen molar-refractivity contribution in [1.29, 1.82) is 0 Å². The van der Waals surface area contributed by atoms with Gasteiger partial charge >= 0.3 is 0 Å².